The van der Waals surface area contributed by atoms with Crippen LogP contribution < -0.4 is 10.2 Å². The molecule has 4 rings (SSSR count). The maximum atomic E-state index is 13.3. The number of carbonyl (C=O) groups is 1. The summed E-state index contributed by atoms with van der Waals surface area (Å²) in [5.74, 6) is -2.11. The summed E-state index contributed by atoms with van der Waals surface area (Å²) in [5.41, 5.74) is 0.271. The van der Waals surface area contributed by atoms with Crippen LogP contribution in [0.15, 0.2) is 66.0 Å². The van der Waals surface area contributed by atoms with Gasteiger partial charge in [-0.2, -0.15) is 4.31 Å². The lowest BCUT2D eigenvalue weighted by molar-refractivity contribution is 0.102. The molecule has 0 aliphatic carbocycles. The van der Waals surface area contributed by atoms with Crippen LogP contribution in [-0.4, -0.2) is 54.8 Å². The van der Waals surface area contributed by atoms with Crippen LogP contribution in [0.4, 0.5) is 20.3 Å². The van der Waals surface area contributed by atoms with Gasteiger partial charge in [0, 0.05) is 49.8 Å². The van der Waals surface area contributed by atoms with Crippen molar-refractivity contribution >= 4 is 27.4 Å². The van der Waals surface area contributed by atoms with Gasteiger partial charge in [0.25, 0.3) is 5.91 Å². The lowest BCUT2D eigenvalue weighted by Crippen LogP contribution is -2.48. The molecule has 2 heterocycles. The lowest BCUT2D eigenvalue weighted by Gasteiger charge is -2.34. The van der Waals surface area contributed by atoms with Crippen LogP contribution in [0, 0.1) is 11.6 Å². The number of carbonyl (C=O) groups excluding carboxylic acids is 1. The normalized spacial score (nSPS) is 14.9. The average molecular weight is 459 g/mol. The first kappa shape index (κ1) is 21.8. The Kier molecular flexibility index (Phi) is 6.10. The van der Waals surface area contributed by atoms with Crippen LogP contribution >= 0.6 is 0 Å². The number of hydrogen-bond donors (Lipinski definition) is 1. The Morgan fingerprint density at radius 2 is 1.66 bits per heavy atom. The molecule has 11 heteroatoms. The fourth-order valence-corrected chi connectivity index (χ4v) is 4.73. The maximum absolute atomic E-state index is 13.3. The molecule has 1 N–H and O–H groups in total. The van der Waals surface area contributed by atoms with Gasteiger partial charge in [-0.25, -0.2) is 22.2 Å². The number of aromatic nitrogens is 2. The number of nitrogens with zero attached hydrogens (tertiary/aromatic N) is 4. The van der Waals surface area contributed by atoms with Crippen molar-refractivity contribution in [3.8, 4) is 0 Å². The Balaban J connectivity index is 1.40. The van der Waals surface area contributed by atoms with E-state index in [0.717, 1.165) is 18.2 Å². The van der Waals surface area contributed by atoms with E-state index in [1.54, 1.807) is 18.6 Å². The van der Waals surface area contributed by atoms with Gasteiger partial charge in [-0.15, -0.1) is 0 Å². The van der Waals surface area contributed by atoms with Gasteiger partial charge < -0.3 is 10.2 Å². The molecule has 0 atom stereocenters. The molecule has 0 bridgehead atoms. The SMILES string of the molecule is O=C(Nc1ccc(S(=O)(=O)N2CCN(c3cnccn3)CC2)cc1)c1ccc(F)c(F)c1. The number of rotatable bonds is 5. The molecule has 1 aliphatic heterocycles. The topological polar surface area (TPSA) is 95.5 Å². The summed E-state index contributed by atoms with van der Waals surface area (Å²) in [7, 11) is -3.71. The first-order valence-electron chi connectivity index (χ1n) is 9.72. The lowest BCUT2D eigenvalue weighted by atomic mass is 10.2. The van der Waals surface area contributed by atoms with Crippen molar-refractivity contribution < 1.29 is 22.0 Å². The Bertz CT molecular complexity index is 1220. The minimum absolute atomic E-state index is 0.0541. The highest BCUT2D eigenvalue weighted by molar-refractivity contribution is 7.89. The molecule has 32 heavy (non-hydrogen) atoms. The van der Waals surface area contributed by atoms with Gasteiger partial charge in [0.1, 0.15) is 5.82 Å². The van der Waals surface area contributed by atoms with E-state index in [9.17, 15) is 22.0 Å². The first-order valence-corrected chi connectivity index (χ1v) is 11.2. The molecule has 1 aliphatic rings. The summed E-state index contributed by atoms with van der Waals surface area (Å²) in [6.07, 6.45) is 4.80. The van der Waals surface area contributed by atoms with E-state index in [1.165, 1.54) is 28.6 Å². The highest BCUT2D eigenvalue weighted by Crippen LogP contribution is 2.22. The third-order valence-corrected chi connectivity index (χ3v) is 6.96. The zero-order valence-corrected chi connectivity index (χ0v) is 17.6. The van der Waals surface area contributed by atoms with E-state index in [0.29, 0.717) is 37.7 Å². The highest BCUT2D eigenvalue weighted by atomic mass is 32.2. The average Bonchev–Trinajstić information content (AvgIpc) is 2.82. The molecule has 1 saturated heterocycles. The molecule has 0 spiro atoms. The molecule has 2 aromatic carbocycles. The number of benzene rings is 2. The Morgan fingerprint density at radius 1 is 0.938 bits per heavy atom. The number of amides is 1. The van der Waals surface area contributed by atoms with Crippen molar-refractivity contribution in [3.05, 3.63) is 78.3 Å². The van der Waals surface area contributed by atoms with E-state index >= 15 is 0 Å². The van der Waals surface area contributed by atoms with Crippen molar-refractivity contribution in [2.45, 2.75) is 4.90 Å². The minimum atomic E-state index is -3.71. The molecule has 3 aromatic rings. The Hall–Kier alpha value is -3.44. The quantitative estimate of drug-likeness (QED) is 0.630. The second-order valence-electron chi connectivity index (χ2n) is 7.06. The third kappa shape index (κ3) is 4.58. The molecule has 166 valence electrons. The number of halogens is 2. The van der Waals surface area contributed by atoms with Gasteiger partial charge in [-0.3, -0.25) is 9.78 Å². The van der Waals surface area contributed by atoms with Gasteiger partial charge in [0.15, 0.2) is 11.6 Å². The number of hydrogen-bond acceptors (Lipinski definition) is 6. The van der Waals surface area contributed by atoms with Crippen LogP contribution in [-0.2, 0) is 10.0 Å². The highest BCUT2D eigenvalue weighted by Gasteiger charge is 2.29. The second kappa shape index (κ2) is 8.97. The molecule has 0 saturated carbocycles. The van der Waals surface area contributed by atoms with Crippen molar-refractivity contribution in [1.29, 1.82) is 0 Å². The number of piperazine rings is 1. The van der Waals surface area contributed by atoms with Crippen molar-refractivity contribution in [1.82, 2.24) is 14.3 Å². The summed E-state index contributed by atoms with van der Waals surface area (Å²) >= 11 is 0. The minimum Gasteiger partial charge on any atom is -0.353 e. The molecular weight excluding hydrogens is 440 g/mol. The molecule has 1 aromatic heterocycles. The van der Waals surface area contributed by atoms with Crippen LogP contribution in [0.25, 0.3) is 0 Å². The summed E-state index contributed by atoms with van der Waals surface area (Å²) in [6.45, 7) is 1.57. The molecule has 1 amide bonds. The summed E-state index contributed by atoms with van der Waals surface area (Å²) in [6, 6.07) is 8.50. The fraction of sp³-hybridized carbons (Fsp3) is 0.190. The summed E-state index contributed by atoms with van der Waals surface area (Å²) in [5, 5.41) is 2.53. The van der Waals surface area contributed by atoms with E-state index in [2.05, 4.69) is 15.3 Å². The van der Waals surface area contributed by atoms with E-state index < -0.39 is 27.6 Å². The summed E-state index contributed by atoms with van der Waals surface area (Å²) in [4.78, 5) is 22.5. The van der Waals surface area contributed by atoms with E-state index in [4.69, 9.17) is 0 Å². The van der Waals surface area contributed by atoms with Crippen molar-refractivity contribution in [3.63, 3.8) is 0 Å². The number of sulfonamides is 1. The van der Waals surface area contributed by atoms with Crippen LogP contribution in [0.3, 0.4) is 0 Å². The molecule has 0 radical (unpaired) electrons. The van der Waals surface area contributed by atoms with Crippen LogP contribution in [0.2, 0.25) is 0 Å². The van der Waals surface area contributed by atoms with Gasteiger partial charge >= 0.3 is 0 Å². The van der Waals surface area contributed by atoms with Gasteiger partial charge in [-0.1, -0.05) is 0 Å². The van der Waals surface area contributed by atoms with Crippen molar-refractivity contribution in [2.75, 3.05) is 36.4 Å². The second-order valence-corrected chi connectivity index (χ2v) is 9.00. The molecule has 0 unspecified atom stereocenters. The largest absolute Gasteiger partial charge is 0.353 e. The first-order chi connectivity index (χ1) is 15.3. The van der Waals surface area contributed by atoms with Crippen LogP contribution in [0.1, 0.15) is 10.4 Å². The predicted octanol–water partition coefficient (Wildman–Crippen LogP) is 2.52. The van der Waals surface area contributed by atoms with Crippen LogP contribution in [0.5, 0.6) is 0 Å². The molecular formula is C21H19F2N5O3S. The van der Waals surface area contributed by atoms with Gasteiger partial charge in [0.2, 0.25) is 10.0 Å². The molecule has 8 nitrogen and oxygen atoms in total. The van der Waals surface area contributed by atoms with Crippen molar-refractivity contribution in [2.24, 2.45) is 0 Å². The Labute approximate surface area is 183 Å². The monoisotopic (exact) mass is 459 g/mol. The van der Waals surface area contributed by atoms with Gasteiger partial charge in [0.05, 0.1) is 11.1 Å². The number of nitrogens with one attached hydrogen (secondary N) is 1. The molecule has 1 fully saturated rings. The third-order valence-electron chi connectivity index (χ3n) is 5.04. The maximum Gasteiger partial charge on any atom is 0.255 e. The summed E-state index contributed by atoms with van der Waals surface area (Å²) < 4.78 is 53.7. The zero-order valence-electron chi connectivity index (χ0n) is 16.8. The Morgan fingerprint density at radius 3 is 2.28 bits per heavy atom. The van der Waals surface area contributed by atoms with Gasteiger partial charge in [-0.05, 0) is 42.5 Å². The van der Waals surface area contributed by atoms with E-state index in [1.807, 2.05) is 4.90 Å². The smallest absolute Gasteiger partial charge is 0.255 e. The predicted molar refractivity (Wildman–Crippen MR) is 114 cm³/mol. The fourth-order valence-electron chi connectivity index (χ4n) is 3.31. The number of anilines is 2. The van der Waals surface area contributed by atoms with E-state index in [-0.39, 0.29) is 10.5 Å². The standard InChI is InChI=1S/C21H19F2N5O3S/c22-18-6-1-15(13-19(18)23)21(29)26-16-2-4-17(5-3-16)32(30,31)28-11-9-27(10-12-28)20-14-24-7-8-25-20/h1-8,13-14H,9-12H2,(H,26,29). The zero-order chi connectivity index (χ0) is 22.7.